The zero-order valence-electron chi connectivity index (χ0n) is 12.7. The number of hydrogen-bond donors (Lipinski definition) is 0. The third-order valence-electron chi connectivity index (χ3n) is 3.17. The molecule has 3 rings (SSSR count). The maximum Gasteiger partial charge on any atom is 0.360 e. The van der Waals surface area contributed by atoms with E-state index in [2.05, 4.69) is 14.7 Å². The number of hydrogen-bond acceptors (Lipinski definition) is 6. The predicted molar refractivity (Wildman–Crippen MR) is 87.4 cm³/mol. The summed E-state index contributed by atoms with van der Waals surface area (Å²) < 4.78 is 23.3. The molecule has 0 atom stereocenters. The highest BCUT2D eigenvalue weighted by atomic mass is 32.1. The Morgan fingerprint density at radius 1 is 1.25 bits per heavy atom. The fourth-order valence-corrected chi connectivity index (χ4v) is 2.82. The number of ether oxygens (including phenoxy) is 2. The lowest BCUT2D eigenvalue weighted by Gasteiger charge is -2.07. The van der Waals surface area contributed by atoms with Crippen LogP contribution in [0.15, 0.2) is 48.0 Å². The summed E-state index contributed by atoms with van der Waals surface area (Å²) >= 11 is 1.44. The van der Waals surface area contributed by atoms with Gasteiger partial charge in [-0.2, -0.15) is 0 Å². The standard InChI is InChI=1S/C17H13FN2O3S/c1-22-17(21)15-14(3-2-8-19-15)23-9-13-10-24-16(20-13)11-4-6-12(18)7-5-11/h2-8,10H,9H2,1H3. The first-order valence-corrected chi connectivity index (χ1v) is 7.92. The summed E-state index contributed by atoms with van der Waals surface area (Å²) in [7, 11) is 1.29. The van der Waals surface area contributed by atoms with E-state index in [4.69, 9.17) is 4.74 Å². The average molecular weight is 344 g/mol. The molecule has 0 saturated carbocycles. The summed E-state index contributed by atoms with van der Waals surface area (Å²) in [6.07, 6.45) is 1.49. The summed E-state index contributed by atoms with van der Waals surface area (Å²) in [4.78, 5) is 20.1. The SMILES string of the molecule is COC(=O)c1ncccc1OCc1csc(-c2ccc(F)cc2)n1. The van der Waals surface area contributed by atoms with Crippen molar-refractivity contribution < 1.29 is 18.7 Å². The van der Waals surface area contributed by atoms with Gasteiger partial charge in [0, 0.05) is 17.1 Å². The molecule has 122 valence electrons. The number of benzene rings is 1. The molecule has 0 bridgehead atoms. The van der Waals surface area contributed by atoms with Crippen molar-refractivity contribution in [3.8, 4) is 16.3 Å². The van der Waals surface area contributed by atoms with Crippen molar-refractivity contribution in [2.24, 2.45) is 0 Å². The van der Waals surface area contributed by atoms with E-state index in [-0.39, 0.29) is 18.1 Å². The lowest BCUT2D eigenvalue weighted by Crippen LogP contribution is -2.08. The van der Waals surface area contributed by atoms with Crippen LogP contribution in [0.4, 0.5) is 4.39 Å². The second-order valence-corrected chi connectivity index (χ2v) is 5.64. The van der Waals surface area contributed by atoms with E-state index >= 15 is 0 Å². The summed E-state index contributed by atoms with van der Waals surface area (Å²) in [5, 5.41) is 2.63. The van der Waals surface area contributed by atoms with Gasteiger partial charge in [0.1, 0.15) is 17.4 Å². The van der Waals surface area contributed by atoms with E-state index < -0.39 is 5.97 Å². The maximum atomic E-state index is 13.0. The summed E-state index contributed by atoms with van der Waals surface area (Å²) in [5.41, 5.74) is 1.66. The number of rotatable bonds is 5. The Labute approximate surface area is 141 Å². The quantitative estimate of drug-likeness (QED) is 0.660. The first-order chi connectivity index (χ1) is 11.7. The van der Waals surface area contributed by atoms with Gasteiger partial charge in [-0.1, -0.05) is 0 Å². The first kappa shape index (κ1) is 16.1. The van der Waals surface area contributed by atoms with Crippen LogP contribution in [0.3, 0.4) is 0 Å². The molecule has 0 unspecified atom stereocenters. The lowest BCUT2D eigenvalue weighted by atomic mass is 10.2. The van der Waals surface area contributed by atoms with Gasteiger partial charge in [-0.3, -0.25) is 0 Å². The topological polar surface area (TPSA) is 61.3 Å². The Morgan fingerprint density at radius 2 is 2.04 bits per heavy atom. The van der Waals surface area contributed by atoms with Crippen LogP contribution in [0.5, 0.6) is 5.75 Å². The molecule has 0 aliphatic carbocycles. The van der Waals surface area contributed by atoms with Crippen molar-refractivity contribution in [3.05, 3.63) is 65.2 Å². The van der Waals surface area contributed by atoms with Gasteiger partial charge >= 0.3 is 5.97 Å². The van der Waals surface area contributed by atoms with E-state index in [0.29, 0.717) is 11.4 Å². The highest BCUT2D eigenvalue weighted by molar-refractivity contribution is 7.13. The van der Waals surface area contributed by atoms with E-state index in [0.717, 1.165) is 10.6 Å². The highest BCUT2D eigenvalue weighted by Crippen LogP contribution is 2.25. The summed E-state index contributed by atoms with van der Waals surface area (Å²) in [6, 6.07) is 9.46. The predicted octanol–water partition coefficient (Wildman–Crippen LogP) is 3.71. The number of carbonyl (C=O) groups is 1. The molecule has 0 amide bonds. The minimum Gasteiger partial charge on any atom is -0.485 e. The molecule has 0 aliphatic rings. The molecule has 0 N–H and O–H groups in total. The maximum absolute atomic E-state index is 13.0. The summed E-state index contributed by atoms with van der Waals surface area (Å²) in [5.74, 6) is -0.512. The van der Waals surface area contributed by atoms with Gasteiger partial charge in [0.25, 0.3) is 0 Å². The average Bonchev–Trinajstić information content (AvgIpc) is 3.09. The van der Waals surface area contributed by atoms with Crippen LogP contribution in [0.25, 0.3) is 10.6 Å². The molecule has 0 radical (unpaired) electrons. The highest BCUT2D eigenvalue weighted by Gasteiger charge is 2.15. The molecule has 0 spiro atoms. The van der Waals surface area contributed by atoms with Gasteiger partial charge in [-0.05, 0) is 36.4 Å². The largest absolute Gasteiger partial charge is 0.485 e. The van der Waals surface area contributed by atoms with Crippen molar-refractivity contribution in [3.63, 3.8) is 0 Å². The van der Waals surface area contributed by atoms with Crippen molar-refractivity contribution in [2.45, 2.75) is 6.61 Å². The Morgan fingerprint density at radius 3 is 2.79 bits per heavy atom. The van der Waals surface area contributed by atoms with Crippen LogP contribution in [-0.2, 0) is 11.3 Å². The molecular weight excluding hydrogens is 331 g/mol. The first-order valence-electron chi connectivity index (χ1n) is 7.04. The third-order valence-corrected chi connectivity index (χ3v) is 4.11. The Bertz CT molecular complexity index is 849. The van der Waals surface area contributed by atoms with Gasteiger partial charge in [-0.25, -0.2) is 19.2 Å². The van der Waals surface area contributed by atoms with Gasteiger partial charge in [0.05, 0.1) is 12.8 Å². The fourth-order valence-electron chi connectivity index (χ4n) is 2.01. The van der Waals surface area contributed by atoms with E-state index in [1.54, 1.807) is 24.3 Å². The molecule has 1 aromatic carbocycles. The van der Waals surface area contributed by atoms with Crippen LogP contribution in [0.1, 0.15) is 16.2 Å². The van der Waals surface area contributed by atoms with Crippen LogP contribution < -0.4 is 4.74 Å². The second kappa shape index (κ2) is 7.18. The van der Waals surface area contributed by atoms with E-state index in [1.807, 2.05) is 5.38 Å². The zero-order valence-corrected chi connectivity index (χ0v) is 13.5. The van der Waals surface area contributed by atoms with E-state index in [9.17, 15) is 9.18 Å². The van der Waals surface area contributed by atoms with Crippen molar-refractivity contribution in [1.82, 2.24) is 9.97 Å². The van der Waals surface area contributed by atoms with E-state index in [1.165, 1.54) is 36.8 Å². The van der Waals surface area contributed by atoms with Crippen LogP contribution in [0, 0.1) is 5.82 Å². The monoisotopic (exact) mass is 344 g/mol. The molecular formula is C17H13FN2O3S. The Balaban J connectivity index is 1.72. The molecule has 3 aromatic rings. The van der Waals surface area contributed by atoms with Crippen molar-refractivity contribution >= 4 is 17.3 Å². The number of pyridine rings is 1. The number of esters is 1. The van der Waals surface area contributed by atoms with Crippen molar-refractivity contribution in [2.75, 3.05) is 7.11 Å². The van der Waals surface area contributed by atoms with Gasteiger partial charge in [0.15, 0.2) is 11.4 Å². The summed E-state index contributed by atoms with van der Waals surface area (Å²) in [6.45, 7) is 0.188. The van der Waals surface area contributed by atoms with Crippen LogP contribution in [0.2, 0.25) is 0 Å². The van der Waals surface area contributed by atoms with Gasteiger partial charge < -0.3 is 9.47 Å². The zero-order chi connectivity index (χ0) is 16.9. The number of methoxy groups -OCH3 is 1. The molecule has 0 fully saturated rings. The molecule has 0 saturated heterocycles. The molecule has 0 aliphatic heterocycles. The number of aromatic nitrogens is 2. The molecule has 7 heteroatoms. The van der Waals surface area contributed by atoms with Gasteiger partial charge in [-0.15, -0.1) is 11.3 Å². The molecule has 2 heterocycles. The number of halogens is 1. The third kappa shape index (κ3) is 3.57. The minimum absolute atomic E-state index is 0.119. The Hall–Kier alpha value is -2.80. The molecule has 5 nitrogen and oxygen atoms in total. The smallest absolute Gasteiger partial charge is 0.360 e. The number of carbonyl (C=O) groups excluding carboxylic acids is 1. The molecule has 2 aromatic heterocycles. The van der Waals surface area contributed by atoms with Crippen LogP contribution in [-0.4, -0.2) is 23.0 Å². The number of thiazole rings is 1. The second-order valence-electron chi connectivity index (χ2n) is 4.78. The normalized spacial score (nSPS) is 10.4. The van der Waals surface area contributed by atoms with Crippen molar-refractivity contribution in [1.29, 1.82) is 0 Å². The fraction of sp³-hybridized carbons (Fsp3) is 0.118. The Kier molecular flexibility index (Phi) is 4.81. The molecule has 24 heavy (non-hydrogen) atoms. The van der Waals surface area contributed by atoms with Crippen LogP contribution >= 0.6 is 11.3 Å². The van der Waals surface area contributed by atoms with Gasteiger partial charge in [0.2, 0.25) is 0 Å². The minimum atomic E-state index is -0.559. The number of nitrogens with zero attached hydrogens (tertiary/aromatic N) is 2. The lowest BCUT2D eigenvalue weighted by molar-refractivity contribution is 0.0588.